The van der Waals surface area contributed by atoms with Gasteiger partial charge < -0.3 is 9.88 Å². The van der Waals surface area contributed by atoms with Gasteiger partial charge in [0.2, 0.25) is 0 Å². The van der Waals surface area contributed by atoms with Crippen LogP contribution in [0, 0.1) is 12.7 Å². The quantitative estimate of drug-likeness (QED) is 0.838. The minimum Gasteiger partial charge on any atom is -0.365 e. The number of fused-ring (bicyclic) bond motifs is 1. The minimum atomic E-state index is -0.245. The molecule has 98 valence electrons. The van der Waals surface area contributed by atoms with Crippen LogP contribution in [0.3, 0.4) is 0 Å². The van der Waals surface area contributed by atoms with E-state index in [0.29, 0.717) is 12.1 Å². The Morgan fingerprint density at radius 2 is 2.21 bits per heavy atom. The molecule has 0 atom stereocenters. The van der Waals surface area contributed by atoms with Gasteiger partial charge in [-0.3, -0.25) is 4.79 Å². The number of nitrogens with zero attached hydrogens (tertiary/aromatic N) is 1. The highest BCUT2D eigenvalue weighted by atomic mass is 19.1. The molecule has 0 radical (unpaired) electrons. The Kier molecular flexibility index (Phi) is 2.85. The van der Waals surface area contributed by atoms with Crippen molar-refractivity contribution in [2.75, 3.05) is 11.4 Å². The molecule has 19 heavy (non-hydrogen) atoms. The number of hydrogen-bond acceptors (Lipinski definition) is 1. The summed E-state index contributed by atoms with van der Waals surface area (Å²) in [6, 6.07) is 6.42. The average Bonchev–Trinajstić information content (AvgIpc) is 2.83. The third-order valence-electron chi connectivity index (χ3n) is 3.59. The standard InChI is InChI=1S/C15H15FN2O/c1-10-13(6-7-17-10)15(19)18-8-2-3-11-9-12(16)4-5-14(11)18/h4-7,9,17H,2-3,8H2,1H3. The molecular weight excluding hydrogens is 243 g/mol. The average molecular weight is 258 g/mol. The van der Waals surface area contributed by atoms with Gasteiger partial charge in [-0.15, -0.1) is 0 Å². The summed E-state index contributed by atoms with van der Waals surface area (Å²) in [5, 5.41) is 0. The Hall–Kier alpha value is -2.10. The highest BCUT2D eigenvalue weighted by molar-refractivity contribution is 6.07. The van der Waals surface area contributed by atoms with E-state index in [4.69, 9.17) is 0 Å². The normalized spacial score (nSPS) is 14.3. The van der Waals surface area contributed by atoms with E-state index in [1.54, 1.807) is 23.2 Å². The number of rotatable bonds is 1. The van der Waals surface area contributed by atoms with Gasteiger partial charge in [-0.1, -0.05) is 0 Å². The van der Waals surface area contributed by atoms with Gasteiger partial charge in [-0.2, -0.15) is 0 Å². The molecule has 4 heteroatoms. The Morgan fingerprint density at radius 1 is 1.37 bits per heavy atom. The summed E-state index contributed by atoms with van der Waals surface area (Å²) in [6.07, 6.45) is 3.45. The van der Waals surface area contributed by atoms with Crippen LogP contribution in [0.25, 0.3) is 0 Å². The first-order chi connectivity index (χ1) is 9.16. The zero-order chi connectivity index (χ0) is 13.4. The van der Waals surface area contributed by atoms with E-state index < -0.39 is 0 Å². The molecule has 3 nitrogen and oxygen atoms in total. The van der Waals surface area contributed by atoms with Gasteiger partial charge in [0.15, 0.2) is 0 Å². The van der Waals surface area contributed by atoms with Crippen LogP contribution in [0.1, 0.15) is 28.0 Å². The predicted octanol–water partition coefficient (Wildman–Crippen LogP) is 3.06. The first-order valence-corrected chi connectivity index (χ1v) is 6.41. The fourth-order valence-electron chi connectivity index (χ4n) is 2.61. The molecule has 2 aromatic rings. The smallest absolute Gasteiger partial charge is 0.260 e. The molecule has 1 N–H and O–H groups in total. The molecule has 0 saturated heterocycles. The summed E-state index contributed by atoms with van der Waals surface area (Å²) in [5.74, 6) is -0.266. The van der Waals surface area contributed by atoms with Crippen LogP contribution in [0.2, 0.25) is 0 Å². The first kappa shape index (κ1) is 12.0. The van der Waals surface area contributed by atoms with Crippen LogP contribution in [0.4, 0.5) is 10.1 Å². The van der Waals surface area contributed by atoms with Crippen molar-refractivity contribution >= 4 is 11.6 Å². The van der Waals surface area contributed by atoms with Crippen LogP contribution in [0.15, 0.2) is 30.5 Å². The van der Waals surface area contributed by atoms with Crippen molar-refractivity contribution < 1.29 is 9.18 Å². The third kappa shape index (κ3) is 2.03. The second-order valence-corrected chi connectivity index (χ2v) is 4.85. The highest BCUT2D eigenvalue weighted by Gasteiger charge is 2.25. The number of halogens is 1. The number of hydrogen-bond donors (Lipinski definition) is 1. The molecule has 1 amide bonds. The number of benzene rings is 1. The topological polar surface area (TPSA) is 36.1 Å². The maximum absolute atomic E-state index is 13.3. The minimum absolute atomic E-state index is 0.0219. The lowest BCUT2D eigenvalue weighted by Crippen LogP contribution is -2.35. The Bertz CT molecular complexity index is 633. The van der Waals surface area contributed by atoms with Gasteiger partial charge in [0.05, 0.1) is 5.56 Å². The van der Waals surface area contributed by atoms with Crippen molar-refractivity contribution in [2.45, 2.75) is 19.8 Å². The summed E-state index contributed by atoms with van der Waals surface area (Å²) in [4.78, 5) is 17.3. The van der Waals surface area contributed by atoms with Crippen LogP contribution < -0.4 is 4.90 Å². The third-order valence-corrected chi connectivity index (χ3v) is 3.59. The molecule has 0 fully saturated rings. The van der Waals surface area contributed by atoms with Crippen LogP contribution in [-0.2, 0) is 6.42 Å². The van der Waals surface area contributed by atoms with Crippen LogP contribution >= 0.6 is 0 Å². The first-order valence-electron chi connectivity index (χ1n) is 6.41. The molecule has 0 bridgehead atoms. The number of amides is 1. The molecule has 0 aliphatic carbocycles. The molecule has 1 aromatic carbocycles. The lowest BCUT2D eigenvalue weighted by atomic mass is 10.0. The number of H-pyrrole nitrogens is 1. The van der Waals surface area contributed by atoms with Crippen molar-refractivity contribution in [3.8, 4) is 0 Å². The monoisotopic (exact) mass is 258 g/mol. The number of carbonyl (C=O) groups excluding carboxylic acids is 1. The van der Waals surface area contributed by atoms with Crippen LogP contribution in [-0.4, -0.2) is 17.4 Å². The van der Waals surface area contributed by atoms with E-state index in [2.05, 4.69) is 4.98 Å². The van der Waals surface area contributed by atoms with Crippen molar-refractivity contribution in [1.29, 1.82) is 0 Å². The lowest BCUT2D eigenvalue weighted by Gasteiger charge is -2.29. The van der Waals surface area contributed by atoms with E-state index in [1.165, 1.54) is 12.1 Å². The van der Waals surface area contributed by atoms with Gasteiger partial charge in [0.25, 0.3) is 5.91 Å². The van der Waals surface area contributed by atoms with Gasteiger partial charge in [-0.05, 0) is 49.6 Å². The maximum Gasteiger partial charge on any atom is 0.260 e. The molecule has 2 heterocycles. The van der Waals surface area contributed by atoms with E-state index in [0.717, 1.165) is 29.8 Å². The Morgan fingerprint density at radius 3 is 2.95 bits per heavy atom. The second kappa shape index (κ2) is 4.53. The van der Waals surface area contributed by atoms with Crippen molar-refractivity contribution in [3.63, 3.8) is 0 Å². The lowest BCUT2D eigenvalue weighted by molar-refractivity contribution is 0.0984. The molecule has 1 aliphatic rings. The largest absolute Gasteiger partial charge is 0.365 e. The molecule has 3 rings (SSSR count). The second-order valence-electron chi connectivity index (χ2n) is 4.85. The Balaban J connectivity index is 2.00. The van der Waals surface area contributed by atoms with Crippen molar-refractivity contribution in [3.05, 3.63) is 53.1 Å². The van der Waals surface area contributed by atoms with Gasteiger partial charge in [-0.25, -0.2) is 4.39 Å². The summed E-state index contributed by atoms with van der Waals surface area (Å²) >= 11 is 0. The van der Waals surface area contributed by atoms with E-state index in [9.17, 15) is 9.18 Å². The van der Waals surface area contributed by atoms with E-state index in [1.807, 2.05) is 6.92 Å². The number of aromatic nitrogens is 1. The fraction of sp³-hybridized carbons (Fsp3) is 0.267. The molecule has 1 aromatic heterocycles. The number of aryl methyl sites for hydroxylation is 2. The molecule has 0 saturated carbocycles. The number of anilines is 1. The summed E-state index contributed by atoms with van der Waals surface area (Å²) in [6.45, 7) is 2.56. The van der Waals surface area contributed by atoms with Crippen molar-refractivity contribution in [2.24, 2.45) is 0 Å². The number of aromatic amines is 1. The molecule has 1 aliphatic heterocycles. The van der Waals surface area contributed by atoms with E-state index >= 15 is 0 Å². The highest BCUT2D eigenvalue weighted by Crippen LogP contribution is 2.29. The number of carbonyl (C=O) groups is 1. The van der Waals surface area contributed by atoms with Gasteiger partial charge >= 0.3 is 0 Å². The predicted molar refractivity (Wildman–Crippen MR) is 71.9 cm³/mol. The van der Waals surface area contributed by atoms with Gasteiger partial charge in [0.1, 0.15) is 5.82 Å². The molecule has 0 unspecified atom stereocenters. The molecular formula is C15H15FN2O. The van der Waals surface area contributed by atoms with Crippen molar-refractivity contribution in [1.82, 2.24) is 4.98 Å². The number of nitrogens with one attached hydrogen (secondary N) is 1. The summed E-state index contributed by atoms with van der Waals surface area (Å²) in [7, 11) is 0. The zero-order valence-electron chi connectivity index (χ0n) is 10.7. The fourth-order valence-corrected chi connectivity index (χ4v) is 2.61. The summed E-state index contributed by atoms with van der Waals surface area (Å²) < 4.78 is 13.3. The van der Waals surface area contributed by atoms with Gasteiger partial charge in [0, 0.05) is 24.1 Å². The zero-order valence-corrected chi connectivity index (χ0v) is 10.7. The summed E-state index contributed by atoms with van der Waals surface area (Å²) in [5.41, 5.74) is 3.28. The van der Waals surface area contributed by atoms with Crippen LogP contribution in [0.5, 0.6) is 0 Å². The SMILES string of the molecule is Cc1[nH]ccc1C(=O)N1CCCc2cc(F)ccc21. The molecule has 0 spiro atoms. The Labute approximate surface area is 111 Å². The maximum atomic E-state index is 13.3. The van der Waals surface area contributed by atoms with E-state index in [-0.39, 0.29) is 11.7 Å².